The van der Waals surface area contributed by atoms with Crippen molar-refractivity contribution in [2.24, 2.45) is 0 Å². The number of hydrogen-bond acceptors (Lipinski definition) is 3. The normalized spacial score (nSPS) is 19.9. The Bertz CT molecular complexity index is 402. The molecule has 1 fully saturated rings. The average molecular weight is 226 g/mol. The van der Waals surface area contributed by atoms with Crippen LogP contribution in [0.2, 0.25) is 5.02 Å². The van der Waals surface area contributed by atoms with Gasteiger partial charge in [-0.05, 0) is 17.7 Å². The highest BCUT2D eigenvalue weighted by atomic mass is 35.5. The molecule has 1 N–H and O–H groups in total. The van der Waals surface area contributed by atoms with Crippen LogP contribution in [0.3, 0.4) is 0 Å². The minimum atomic E-state index is -0.682. The molecular formula is C10H8ClNO3. The third kappa shape index (κ3) is 2.27. The number of esters is 1. The molecule has 0 aliphatic carbocycles. The van der Waals surface area contributed by atoms with Gasteiger partial charge < -0.3 is 10.1 Å². The Morgan fingerprint density at radius 2 is 1.93 bits per heavy atom. The van der Waals surface area contributed by atoms with Crippen molar-refractivity contribution in [1.29, 1.82) is 0 Å². The predicted molar refractivity (Wildman–Crippen MR) is 53.6 cm³/mol. The number of carbonyl (C=O) groups excluding carboxylic acids is 2. The van der Waals surface area contributed by atoms with Crippen LogP contribution in [-0.4, -0.2) is 18.1 Å². The summed E-state index contributed by atoms with van der Waals surface area (Å²) in [6.07, 6.45) is -0.263. The number of alkyl carbamates (subject to hydrolysis) is 1. The monoisotopic (exact) mass is 225 g/mol. The lowest BCUT2D eigenvalue weighted by molar-refractivity contribution is -0.135. The summed E-state index contributed by atoms with van der Waals surface area (Å²) in [5.74, 6) is -0.532. The second-order valence-corrected chi connectivity index (χ2v) is 3.67. The quantitative estimate of drug-likeness (QED) is 0.613. The molecule has 1 aliphatic rings. The van der Waals surface area contributed by atoms with Crippen LogP contribution in [0.4, 0.5) is 4.79 Å². The largest absolute Gasteiger partial charge is 0.415 e. The molecule has 1 aliphatic heterocycles. The SMILES string of the molecule is O=C1N[C@H](Cc2ccc(Cl)cc2)C(=O)O1. The van der Waals surface area contributed by atoms with Crippen LogP contribution in [0.25, 0.3) is 0 Å². The Kier molecular flexibility index (Phi) is 2.60. The van der Waals surface area contributed by atoms with Crippen LogP contribution < -0.4 is 5.32 Å². The molecule has 1 aromatic rings. The number of ether oxygens (including phenoxy) is 1. The van der Waals surface area contributed by atoms with Crippen LogP contribution in [0.1, 0.15) is 5.56 Å². The van der Waals surface area contributed by atoms with Crippen LogP contribution in [-0.2, 0) is 16.0 Å². The fraction of sp³-hybridized carbons (Fsp3) is 0.200. The summed E-state index contributed by atoms with van der Waals surface area (Å²) in [5.41, 5.74) is 0.920. The van der Waals surface area contributed by atoms with Gasteiger partial charge in [-0.15, -0.1) is 0 Å². The molecular weight excluding hydrogens is 218 g/mol. The van der Waals surface area contributed by atoms with Gasteiger partial charge in [0.05, 0.1) is 0 Å². The number of cyclic esters (lactones) is 2. The summed E-state index contributed by atoms with van der Waals surface area (Å²) in [4.78, 5) is 21.9. The van der Waals surface area contributed by atoms with Crippen molar-refractivity contribution in [2.75, 3.05) is 0 Å². The van der Waals surface area contributed by atoms with Crippen molar-refractivity contribution in [3.63, 3.8) is 0 Å². The molecule has 1 saturated heterocycles. The minimum Gasteiger partial charge on any atom is -0.375 e. The van der Waals surface area contributed by atoms with Crippen molar-refractivity contribution in [3.05, 3.63) is 34.9 Å². The number of benzene rings is 1. The van der Waals surface area contributed by atoms with E-state index >= 15 is 0 Å². The zero-order chi connectivity index (χ0) is 10.8. The minimum absolute atomic E-state index is 0.418. The summed E-state index contributed by atoms with van der Waals surface area (Å²) >= 11 is 5.72. The molecule has 1 amide bonds. The number of carbonyl (C=O) groups is 2. The van der Waals surface area contributed by atoms with Crippen molar-refractivity contribution in [1.82, 2.24) is 5.32 Å². The summed E-state index contributed by atoms with van der Waals surface area (Å²) < 4.78 is 4.35. The van der Waals surface area contributed by atoms with E-state index in [1.54, 1.807) is 24.3 Å². The number of hydrogen-bond donors (Lipinski definition) is 1. The van der Waals surface area contributed by atoms with E-state index in [1.807, 2.05) is 0 Å². The number of amides is 1. The predicted octanol–water partition coefficient (Wildman–Crippen LogP) is 1.52. The first-order chi connectivity index (χ1) is 7.15. The number of halogens is 1. The lowest BCUT2D eigenvalue weighted by Gasteiger charge is -2.05. The van der Waals surface area contributed by atoms with Gasteiger partial charge in [0.15, 0.2) is 0 Å². The third-order valence-corrected chi connectivity index (χ3v) is 2.37. The highest BCUT2D eigenvalue weighted by Crippen LogP contribution is 2.13. The maximum absolute atomic E-state index is 11.1. The first-order valence-corrected chi connectivity index (χ1v) is 4.79. The molecule has 0 unspecified atom stereocenters. The van der Waals surface area contributed by atoms with Crippen LogP contribution in [0.5, 0.6) is 0 Å². The summed E-state index contributed by atoms with van der Waals surface area (Å²) in [6.45, 7) is 0. The van der Waals surface area contributed by atoms with Crippen LogP contribution in [0.15, 0.2) is 24.3 Å². The van der Waals surface area contributed by atoms with Gasteiger partial charge in [-0.3, -0.25) is 0 Å². The van der Waals surface area contributed by atoms with Gasteiger partial charge in [0.2, 0.25) is 0 Å². The van der Waals surface area contributed by atoms with Gasteiger partial charge in [-0.1, -0.05) is 23.7 Å². The van der Waals surface area contributed by atoms with Crippen molar-refractivity contribution in [3.8, 4) is 0 Å². The van der Waals surface area contributed by atoms with E-state index in [1.165, 1.54) is 0 Å². The molecule has 5 heteroatoms. The molecule has 2 rings (SSSR count). The second-order valence-electron chi connectivity index (χ2n) is 3.24. The first-order valence-electron chi connectivity index (χ1n) is 4.42. The molecule has 0 radical (unpaired) electrons. The molecule has 1 atom stereocenters. The Labute approximate surface area is 91.2 Å². The summed E-state index contributed by atoms with van der Waals surface area (Å²) in [7, 11) is 0. The lowest BCUT2D eigenvalue weighted by Crippen LogP contribution is -2.30. The Morgan fingerprint density at radius 3 is 2.47 bits per heavy atom. The zero-order valence-electron chi connectivity index (χ0n) is 7.70. The molecule has 0 bridgehead atoms. The van der Waals surface area contributed by atoms with E-state index < -0.39 is 18.1 Å². The fourth-order valence-electron chi connectivity index (χ4n) is 1.38. The number of nitrogens with one attached hydrogen (secondary N) is 1. The van der Waals surface area contributed by atoms with E-state index in [2.05, 4.69) is 10.1 Å². The van der Waals surface area contributed by atoms with Gasteiger partial charge >= 0.3 is 12.1 Å². The molecule has 0 spiro atoms. The fourth-order valence-corrected chi connectivity index (χ4v) is 1.51. The van der Waals surface area contributed by atoms with Gasteiger partial charge in [0, 0.05) is 11.4 Å². The van der Waals surface area contributed by atoms with Crippen LogP contribution in [0, 0.1) is 0 Å². The van der Waals surface area contributed by atoms with Gasteiger partial charge in [-0.2, -0.15) is 0 Å². The average Bonchev–Trinajstić information content (AvgIpc) is 2.49. The molecule has 0 aromatic heterocycles. The smallest absolute Gasteiger partial charge is 0.375 e. The van der Waals surface area contributed by atoms with E-state index in [9.17, 15) is 9.59 Å². The summed E-state index contributed by atoms with van der Waals surface area (Å²) in [6, 6.07) is 6.50. The van der Waals surface area contributed by atoms with E-state index in [0.717, 1.165) is 5.56 Å². The molecule has 0 saturated carbocycles. The Morgan fingerprint density at radius 1 is 1.27 bits per heavy atom. The maximum atomic E-state index is 11.1. The topological polar surface area (TPSA) is 55.4 Å². The van der Waals surface area contributed by atoms with E-state index in [4.69, 9.17) is 11.6 Å². The van der Waals surface area contributed by atoms with E-state index in [-0.39, 0.29) is 0 Å². The zero-order valence-corrected chi connectivity index (χ0v) is 8.45. The highest BCUT2D eigenvalue weighted by Gasteiger charge is 2.32. The van der Waals surface area contributed by atoms with Gasteiger partial charge in [0.1, 0.15) is 6.04 Å². The molecule has 78 valence electrons. The Balaban J connectivity index is 2.06. The van der Waals surface area contributed by atoms with Crippen molar-refractivity contribution < 1.29 is 14.3 Å². The number of rotatable bonds is 2. The third-order valence-electron chi connectivity index (χ3n) is 2.12. The highest BCUT2D eigenvalue weighted by molar-refractivity contribution is 6.30. The van der Waals surface area contributed by atoms with E-state index in [0.29, 0.717) is 11.4 Å². The molecule has 1 heterocycles. The molecule has 1 aromatic carbocycles. The lowest BCUT2D eigenvalue weighted by atomic mass is 10.1. The summed E-state index contributed by atoms with van der Waals surface area (Å²) in [5, 5.41) is 3.06. The second kappa shape index (κ2) is 3.90. The maximum Gasteiger partial charge on any atom is 0.415 e. The first kappa shape index (κ1) is 9.98. The standard InChI is InChI=1S/C10H8ClNO3/c11-7-3-1-6(2-4-7)5-8-9(13)15-10(14)12-8/h1-4,8H,5H2,(H,12,14)/t8-/m1/s1. The van der Waals surface area contributed by atoms with Crippen molar-refractivity contribution in [2.45, 2.75) is 12.5 Å². The van der Waals surface area contributed by atoms with Crippen LogP contribution >= 0.6 is 11.6 Å². The van der Waals surface area contributed by atoms with Gasteiger partial charge in [0.25, 0.3) is 0 Å². The van der Waals surface area contributed by atoms with Crippen molar-refractivity contribution >= 4 is 23.7 Å². The van der Waals surface area contributed by atoms with Gasteiger partial charge in [-0.25, -0.2) is 9.59 Å². The molecule has 4 nitrogen and oxygen atoms in total. The molecule has 15 heavy (non-hydrogen) atoms. The Hall–Kier alpha value is -1.55.